The molecule has 1 aromatic heterocycles. The molecule has 3 heteroatoms. The summed E-state index contributed by atoms with van der Waals surface area (Å²) in [5, 5.41) is 13.2. The number of aryl methyl sites for hydroxylation is 1. The molecule has 1 fully saturated rings. The van der Waals surface area contributed by atoms with E-state index in [0.717, 1.165) is 24.2 Å². The molecule has 1 heterocycles. The maximum atomic E-state index is 9.72. The standard InChI is InChI=1S/C14H22N2O/c1-11-5-3-7-14(9-11,10-17)16-13-12(2)6-4-8-15-13/h4,6,8,11,17H,3,5,7,9-10H2,1-2H3,(H,15,16). The zero-order valence-corrected chi connectivity index (χ0v) is 10.7. The molecule has 2 unspecified atom stereocenters. The van der Waals surface area contributed by atoms with Gasteiger partial charge in [0.15, 0.2) is 0 Å². The minimum Gasteiger partial charge on any atom is -0.394 e. The third kappa shape index (κ3) is 2.78. The van der Waals surface area contributed by atoms with E-state index in [-0.39, 0.29) is 12.1 Å². The topological polar surface area (TPSA) is 45.2 Å². The summed E-state index contributed by atoms with van der Waals surface area (Å²) < 4.78 is 0. The highest BCUT2D eigenvalue weighted by atomic mass is 16.3. The van der Waals surface area contributed by atoms with E-state index in [4.69, 9.17) is 0 Å². The molecule has 0 amide bonds. The second-order valence-corrected chi connectivity index (χ2v) is 5.43. The van der Waals surface area contributed by atoms with E-state index in [9.17, 15) is 5.11 Å². The number of pyridine rings is 1. The number of rotatable bonds is 3. The van der Waals surface area contributed by atoms with Crippen LogP contribution < -0.4 is 5.32 Å². The van der Waals surface area contributed by atoms with Gasteiger partial charge in [-0.3, -0.25) is 0 Å². The van der Waals surface area contributed by atoms with Crippen LogP contribution in [0.25, 0.3) is 0 Å². The molecule has 0 spiro atoms. The average molecular weight is 234 g/mol. The molecule has 0 saturated heterocycles. The zero-order valence-electron chi connectivity index (χ0n) is 10.7. The van der Waals surface area contributed by atoms with Crippen LogP contribution in [0.15, 0.2) is 18.3 Å². The first-order chi connectivity index (χ1) is 8.15. The Morgan fingerprint density at radius 3 is 3.06 bits per heavy atom. The lowest BCUT2D eigenvalue weighted by molar-refractivity contribution is 0.149. The number of nitrogens with zero attached hydrogens (tertiary/aromatic N) is 1. The van der Waals surface area contributed by atoms with Crippen LogP contribution in [0.3, 0.4) is 0 Å². The zero-order chi connectivity index (χ0) is 12.3. The molecule has 1 aliphatic carbocycles. The van der Waals surface area contributed by atoms with Crippen molar-refractivity contribution >= 4 is 5.82 Å². The molecular weight excluding hydrogens is 212 g/mol. The maximum Gasteiger partial charge on any atom is 0.129 e. The summed E-state index contributed by atoms with van der Waals surface area (Å²) in [4.78, 5) is 4.37. The number of hydrogen-bond acceptors (Lipinski definition) is 3. The smallest absolute Gasteiger partial charge is 0.129 e. The van der Waals surface area contributed by atoms with Crippen LogP contribution >= 0.6 is 0 Å². The molecular formula is C14H22N2O. The van der Waals surface area contributed by atoms with Crippen LogP contribution in [0.1, 0.15) is 38.2 Å². The Kier molecular flexibility index (Phi) is 3.67. The van der Waals surface area contributed by atoms with Crippen molar-refractivity contribution in [3.63, 3.8) is 0 Å². The molecule has 2 atom stereocenters. The largest absolute Gasteiger partial charge is 0.394 e. The van der Waals surface area contributed by atoms with Gasteiger partial charge < -0.3 is 10.4 Å². The van der Waals surface area contributed by atoms with Gasteiger partial charge in [-0.25, -0.2) is 4.98 Å². The predicted molar refractivity (Wildman–Crippen MR) is 70.0 cm³/mol. The summed E-state index contributed by atoms with van der Waals surface area (Å²) >= 11 is 0. The van der Waals surface area contributed by atoms with Gasteiger partial charge in [0.2, 0.25) is 0 Å². The van der Waals surface area contributed by atoms with Gasteiger partial charge in [0.25, 0.3) is 0 Å². The van der Waals surface area contributed by atoms with Gasteiger partial charge in [-0.15, -0.1) is 0 Å². The summed E-state index contributed by atoms with van der Waals surface area (Å²) in [7, 11) is 0. The Bertz CT molecular complexity index is 380. The Morgan fingerprint density at radius 2 is 2.41 bits per heavy atom. The van der Waals surface area contributed by atoms with Gasteiger partial charge in [0, 0.05) is 6.20 Å². The number of aromatic nitrogens is 1. The van der Waals surface area contributed by atoms with E-state index < -0.39 is 0 Å². The summed E-state index contributed by atoms with van der Waals surface area (Å²) in [5.74, 6) is 1.59. The van der Waals surface area contributed by atoms with Gasteiger partial charge in [0.05, 0.1) is 12.1 Å². The van der Waals surface area contributed by atoms with Gasteiger partial charge in [0.1, 0.15) is 5.82 Å². The quantitative estimate of drug-likeness (QED) is 0.845. The molecule has 1 aromatic rings. The van der Waals surface area contributed by atoms with E-state index in [0.29, 0.717) is 5.92 Å². The summed E-state index contributed by atoms with van der Waals surface area (Å²) in [5.41, 5.74) is 0.968. The van der Waals surface area contributed by atoms with Gasteiger partial charge in [-0.05, 0) is 37.3 Å². The van der Waals surface area contributed by atoms with Crippen molar-refractivity contribution in [1.82, 2.24) is 4.98 Å². The first-order valence-corrected chi connectivity index (χ1v) is 6.46. The third-order valence-electron chi connectivity index (χ3n) is 3.79. The molecule has 0 aliphatic heterocycles. The second-order valence-electron chi connectivity index (χ2n) is 5.43. The molecule has 17 heavy (non-hydrogen) atoms. The molecule has 3 nitrogen and oxygen atoms in total. The Morgan fingerprint density at radius 1 is 1.59 bits per heavy atom. The van der Waals surface area contributed by atoms with Crippen LogP contribution in [0, 0.1) is 12.8 Å². The van der Waals surface area contributed by atoms with Crippen molar-refractivity contribution in [3.8, 4) is 0 Å². The normalized spacial score (nSPS) is 29.0. The highest BCUT2D eigenvalue weighted by Crippen LogP contribution is 2.34. The fourth-order valence-corrected chi connectivity index (χ4v) is 2.82. The number of hydrogen-bond donors (Lipinski definition) is 2. The third-order valence-corrected chi connectivity index (χ3v) is 3.79. The van der Waals surface area contributed by atoms with Crippen LogP contribution in [0.4, 0.5) is 5.82 Å². The second kappa shape index (κ2) is 5.05. The Balaban J connectivity index is 2.17. The highest BCUT2D eigenvalue weighted by Gasteiger charge is 2.34. The molecule has 1 saturated carbocycles. The molecule has 0 aromatic carbocycles. The molecule has 94 valence electrons. The number of aliphatic hydroxyl groups excluding tert-OH is 1. The minimum absolute atomic E-state index is 0.170. The fraction of sp³-hybridized carbons (Fsp3) is 0.643. The summed E-state index contributed by atoms with van der Waals surface area (Å²) in [6.07, 6.45) is 6.31. The van der Waals surface area contributed by atoms with Crippen LogP contribution in [0.2, 0.25) is 0 Å². The SMILES string of the molecule is Cc1cccnc1NC1(CO)CCCC(C)C1. The van der Waals surface area contributed by atoms with Gasteiger partial charge >= 0.3 is 0 Å². The van der Waals surface area contributed by atoms with Crippen LogP contribution in [0.5, 0.6) is 0 Å². The molecule has 1 aliphatic rings. The average Bonchev–Trinajstić information content (AvgIpc) is 2.32. The predicted octanol–water partition coefficient (Wildman–Crippen LogP) is 2.74. The van der Waals surface area contributed by atoms with Crippen molar-refractivity contribution < 1.29 is 5.11 Å². The first-order valence-electron chi connectivity index (χ1n) is 6.46. The molecule has 2 rings (SSSR count). The lowest BCUT2D eigenvalue weighted by Crippen LogP contribution is -2.46. The number of anilines is 1. The Hall–Kier alpha value is -1.09. The van der Waals surface area contributed by atoms with Gasteiger partial charge in [-0.1, -0.05) is 25.8 Å². The van der Waals surface area contributed by atoms with E-state index in [1.165, 1.54) is 12.8 Å². The van der Waals surface area contributed by atoms with Gasteiger partial charge in [-0.2, -0.15) is 0 Å². The van der Waals surface area contributed by atoms with E-state index in [2.05, 4.69) is 17.2 Å². The van der Waals surface area contributed by atoms with Crippen molar-refractivity contribution in [1.29, 1.82) is 0 Å². The van der Waals surface area contributed by atoms with E-state index in [1.54, 1.807) is 6.20 Å². The fourth-order valence-electron chi connectivity index (χ4n) is 2.82. The van der Waals surface area contributed by atoms with Crippen molar-refractivity contribution in [2.24, 2.45) is 5.92 Å². The van der Waals surface area contributed by atoms with Crippen LogP contribution in [-0.4, -0.2) is 22.2 Å². The van der Waals surface area contributed by atoms with Crippen molar-refractivity contribution in [2.45, 2.75) is 45.1 Å². The lowest BCUT2D eigenvalue weighted by atomic mass is 9.77. The van der Waals surface area contributed by atoms with E-state index in [1.807, 2.05) is 19.1 Å². The van der Waals surface area contributed by atoms with Crippen molar-refractivity contribution in [3.05, 3.63) is 23.9 Å². The summed E-state index contributed by atoms with van der Waals surface area (Å²) in [6, 6.07) is 3.99. The van der Waals surface area contributed by atoms with Crippen molar-refractivity contribution in [2.75, 3.05) is 11.9 Å². The highest BCUT2D eigenvalue weighted by molar-refractivity contribution is 5.45. The first kappa shape index (κ1) is 12.4. The monoisotopic (exact) mass is 234 g/mol. The van der Waals surface area contributed by atoms with Crippen LogP contribution in [-0.2, 0) is 0 Å². The molecule has 2 N–H and O–H groups in total. The molecule has 0 radical (unpaired) electrons. The van der Waals surface area contributed by atoms with E-state index >= 15 is 0 Å². The number of aliphatic hydroxyl groups is 1. The maximum absolute atomic E-state index is 9.72. The minimum atomic E-state index is -0.170. The number of nitrogens with one attached hydrogen (secondary N) is 1. The Labute approximate surface area is 103 Å². The molecule has 0 bridgehead atoms. The summed E-state index contributed by atoms with van der Waals surface area (Å²) in [6.45, 7) is 4.50. The lowest BCUT2D eigenvalue weighted by Gasteiger charge is -2.40.